The van der Waals surface area contributed by atoms with E-state index in [9.17, 15) is 18.3 Å². The van der Waals surface area contributed by atoms with Crippen molar-refractivity contribution in [3.63, 3.8) is 0 Å². The smallest absolute Gasteiger partial charge is 0.248 e. The van der Waals surface area contributed by atoms with Gasteiger partial charge in [0.25, 0.3) is 0 Å². The number of nitrogens with zero attached hydrogens (tertiary/aromatic N) is 4. The normalized spacial score (nSPS) is 22.4. The topological polar surface area (TPSA) is 131 Å². The molecule has 1 amide bonds. The molecule has 10 heteroatoms. The molecule has 184 valence electrons. The summed E-state index contributed by atoms with van der Waals surface area (Å²) in [7, 11) is -3.77. The molecule has 1 aromatic carbocycles. The molecule has 2 aromatic rings. The highest BCUT2D eigenvalue weighted by molar-refractivity contribution is 7.96. The largest absolute Gasteiger partial charge is 0.380 e. The van der Waals surface area contributed by atoms with Crippen molar-refractivity contribution in [3.05, 3.63) is 64.7 Å². The summed E-state index contributed by atoms with van der Waals surface area (Å²) in [6.07, 6.45) is 8.15. The van der Waals surface area contributed by atoms with Gasteiger partial charge >= 0.3 is 0 Å². The summed E-state index contributed by atoms with van der Waals surface area (Å²) in [5.74, 6) is 0.455. The zero-order chi connectivity index (χ0) is 25.3. The Balaban J connectivity index is 1.51. The molecule has 0 bridgehead atoms. The fourth-order valence-corrected chi connectivity index (χ4v) is 6.06. The predicted octanol–water partition coefficient (Wildman–Crippen LogP) is 2.57. The third kappa shape index (κ3) is 3.81. The van der Waals surface area contributed by atoms with E-state index in [1.165, 1.54) is 6.20 Å². The fourth-order valence-electron chi connectivity index (χ4n) is 4.47. The van der Waals surface area contributed by atoms with Crippen LogP contribution in [0.25, 0.3) is 11.1 Å². The Morgan fingerprint density at radius 3 is 2.60 bits per heavy atom. The summed E-state index contributed by atoms with van der Waals surface area (Å²) in [4.78, 5) is 18.1. The monoisotopic (exact) mass is 495 g/mol. The van der Waals surface area contributed by atoms with Gasteiger partial charge in [-0.1, -0.05) is 6.07 Å². The quantitative estimate of drug-likeness (QED) is 0.670. The molecule has 2 aliphatic heterocycles. The maximum Gasteiger partial charge on any atom is 0.248 e. The fraction of sp³-hybridized carbons (Fsp3) is 0.400. The van der Waals surface area contributed by atoms with Gasteiger partial charge in [-0.05, 0) is 75.8 Å². The molecule has 0 spiro atoms. The van der Waals surface area contributed by atoms with Crippen LogP contribution in [-0.4, -0.2) is 56.8 Å². The lowest BCUT2D eigenvalue weighted by atomic mass is 9.95. The van der Waals surface area contributed by atoms with Gasteiger partial charge < -0.3 is 15.7 Å². The summed E-state index contributed by atoms with van der Waals surface area (Å²) in [5.41, 5.74) is 6.89. The number of fused-ring (bicyclic) bond motifs is 1. The number of hydrogen-bond acceptors (Lipinski definition) is 7. The average molecular weight is 496 g/mol. The van der Waals surface area contributed by atoms with E-state index in [0.29, 0.717) is 23.8 Å². The summed E-state index contributed by atoms with van der Waals surface area (Å²) < 4.78 is 27.4. The van der Waals surface area contributed by atoms with Crippen molar-refractivity contribution in [2.45, 2.75) is 50.9 Å². The molecule has 9 nitrogen and oxygen atoms in total. The molecule has 1 unspecified atom stereocenters. The molecule has 5 rings (SSSR count). The number of rotatable bonds is 4. The van der Waals surface area contributed by atoms with Gasteiger partial charge in [0.15, 0.2) is 15.7 Å². The Morgan fingerprint density at radius 1 is 1.26 bits per heavy atom. The van der Waals surface area contributed by atoms with E-state index in [0.717, 1.165) is 29.5 Å². The number of aromatic nitrogens is 2. The number of carbonyl (C=O) groups is 1. The second-order valence-corrected chi connectivity index (χ2v) is 13.1. The zero-order valence-corrected chi connectivity index (χ0v) is 21.0. The number of nitrogens with two attached hydrogens (primary N) is 1. The van der Waals surface area contributed by atoms with Crippen LogP contribution in [0, 0.1) is 12.8 Å². The van der Waals surface area contributed by atoms with E-state index in [1.54, 1.807) is 54.8 Å². The third-order valence-electron chi connectivity index (χ3n) is 6.84. The predicted molar refractivity (Wildman–Crippen MR) is 133 cm³/mol. The Morgan fingerprint density at radius 2 is 1.97 bits per heavy atom. The minimum absolute atomic E-state index is 0.0280. The lowest BCUT2D eigenvalue weighted by molar-refractivity contribution is 0.0999. The minimum atomic E-state index is -3.77. The van der Waals surface area contributed by atoms with Crippen molar-refractivity contribution in [1.29, 1.82) is 0 Å². The average Bonchev–Trinajstić information content (AvgIpc) is 3.39. The Hall–Kier alpha value is -3.24. The molecule has 3 aliphatic rings. The number of primary amides is 1. The zero-order valence-electron chi connectivity index (χ0n) is 20.2. The molecule has 0 radical (unpaired) electrons. The van der Waals surface area contributed by atoms with E-state index >= 15 is 0 Å². The number of benzene rings is 1. The number of aliphatic hydroxyl groups is 1. The molecule has 35 heavy (non-hydrogen) atoms. The van der Waals surface area contributed by atoms with Crippen molar-refractivity contribution in [3.8, 4) is 11.1 Å². The van der Waals surface area contributed by atoms with Crippen LogP contribution in [0.5, 0.6) is 0 Å². The maximum atomic E-state index is 13.4. The Kier molecular flexibility index (Phi) is 5.12. The second kappa shape index (κ2) is 7.63. The van der Waals surface area contributed by atoms with Gasteiger partial charge in [-0.2, -0.15) is 5.10 Å². The van der Waals surface area contributed by atoms with Crippen LogP contribution in [0.15, 0.2) is 58.6 Å². The van der Waals surface area contributed by atoms with E-state index in [2.05, 4.69) is 10.1 Å². The number of carbonyl (C=O) groups excluding carboxylic acids is 1. The molecule has 1 aromatic heterocycles. The molecule has 3 heterocycles. The second-order valence-electron chi connectivity index (χ2n) is 10.4. The highest BCUT2D eigenvalue weighted by Gasteiger charge is 2.54. The van der Waals surface area contributed by atoms with Gasteiger partial charge in [-0.15, -0.1) is 0 Å². The van der Waals surface area contributed by atoms with E-state index < -0.39 is 26.1 Å². The van der Waals surface area contributed by atoms with Crippen molar-refractivity contribution in [2.24, 2.45) is 16.6 Å². The molecular formula is C25H29N5O4S. The Bertz CT molecular complexity index is 1440. The van der Waals surface area contributed by atoms with Crippen LogP contribution in [0.2, 0.25) is 0 Å². The number of aryl methyl sites for hydroxylation is 1. The number of aliphatic imine (C=N–C) groups is 1. The first-order chi connectivity index (χ1) is 16.3. The van der Waals surface area contributed by atoms with Crippen LogP contribution < -0.4 is 5.73 Å². The highest BCUT2D eigenvalue weighted by atomic mass is 32.2. The number of amides is 1. The van der Waals surface area contributed by atoms with Crippen LogP contribution in [0.4, 0.5) is 0 Å². The lowest BCUT2D eigenvalue weighted by Crippen LogP contribution is -2.45. The molecular weight excluding hydrogens is 466 g/mol. The molecule has 0 saturated heterocycles. The highest BCUT2D eigenvalue weighted by Crippen LogP contribution is 2.50. The summed E-state index contributed by atoms with van der Waals surface area (Å²) in [6, 6.07) is 5.27. The number of sulfone groups is 1. The standard InChI is InChI=1S/C25H29N5O4S/c1-15-5-6-16(23(26)31)9-19(15)17-11-27-30(12-17)22-14-29-13-20(35(33,34)24(2,3)4)25(32,18-7-8-18)10-21(29)28-22/h5-6,9-13,18,32H,7-8,14H2,1-4H3,(H2,26,31). The first-order valence-electron chi connectivity index (χ1n) is 11.5. The van der Waals surface area contributed by atoms with Crippen LogP contribution in [-0.2, 0) is 9.84 Å². The molecule has 3 N–H and O–H groups in total. The molecule has 1 atom stereocenters. The van der Waals surface area contributed by atoms with Crippen LogP contribution >= 0.6 is 0 Å². The first-order valence-corrected chi connectivity index (χ1v) is 13.0. The van der Waals surface area contributed by atoms with Crippen molar-refractivity contribution in [1.82, 2.24) is 14.7 Å². The van der Waals surface area contributed by atoms with Gasteiger partial charge in [0.1, 0.15) is 11.4 Å². The minimum Gasteiger partial charge on any atom is -0.380 e. The van der Waals surface area contributed by atoms with Crippen LogP contribution in [0.3, 0.4) is 0 Å². The van der Waals surface area contributed by atoms with Gasteiger partial charge in [-0.3, -0.25) is 4.79 Å². The van der Waals surface area contributed by atoms with Gasteiger partial charge in [0.05, 0.1) is 22.4 Å². The van der Waals surface area contributed by atoms with Crippen molar-refractivity contribution < 1.29 is 18.3 Å². The van der Waals surface area contributed by atoms with Gasteiger partial charge in [0, 0.05) is 23.5 Å². The van der Waals surface area contributed by atoms with E-state index in [4.69, 9.17) is 5.73 Å². The molecule has 1 saturated carbocycles. The van der Waals surface area contributed by atoms with Gasteiger partial charge in [0.2, 0.25) is 5.91 Å². The van der Waals surface area contributed by atoms with Crippen molar-refractivity contribution in [2.75, 3.05) is 6.54 Å². The van der Waals surface area contributed by atoms with Crippen LogP contribution in [0.1, 0.15) is 49.5 Å². The lowest BCUT2D eigenvalue weighted by Gasteiger charge is -2.36. The van der Waals surface area contributed by atoms with Crippen molar-refractivity contribution >= 4 is 21.6 Å². The number of hydrogen-bond donors (Lipinski definition) is 2. The first kappa shape index (κ1) is 23.5. The SMILES string of the molecule is Cc1ccc(C(N)=O)cc1-c1cnn(C2=NC3=CC(O)(C4CC4)C(S(=O)(=O)C(C)(C)C)=CN3C2)c1. The van der Waals surface area contributed by atoms with Gasteiger partial charge in [-0.25, -0.2) is 18.1 Å². The molecule has 1 fully saturated rings. The summed E-state index contributed by atoms with van der Waals surface area (Å²) >= 11 is 0. The molecule has 1 aliphatic carbocycles. The maximum absolute atomic E-state index is 13.4. The van der Waals surface area contributed by atoms with E-state index in [1.807, 2.05) is 19.2 Å². The Labute approximate surface area is 204 Å². The van der Waals surface area contributed by atoms with E-state index in [-0.39, 0.29) is 10.8 Å². The summed E-state index contributed by atoms with van der Waals surface area (Å²) in [5, 5.41) is 16.0. The summed E-state index contributed by atoms with van der Waals surface area (Å²) in [6.45, 7) is 7.17. The third-order valence-corrected chi connectivity index (χ3v) is 9.47.